The van der Waals surface area contributed by atoms with E-state index in [4.69, 9.17) is 0 Å². The van der Waals surface area contributed by atoms with Crippen molar-refractivity contribution in [3.63, 3.8) is 0 Å². The maximum Gasteiger partial charge on any atom is 0.241 e. The van der Waals surface area contributed by atoms with Crippen LogP contribution in [0.25, 0.3) is 5.95 Å². The van der Waals surface area contributed by atoms with E-state index >= 15 is 0 Å². The van der Waals surface area contributed by atoms with Crippen LogP contribution in [0.3, 0.4) is 0 Å². The van der Waals surface area contributed by atoms with E-state index in [0.29, 0.717) is 30.9 Å². The van der Waals surface area contributed by atoms with Gasteiger partial charge in [0, 0.05) is 25.5 Å². The molecule has 0 aliphatic carbocycles. The van der Waals surface area contributed by atoms with E-state index < -0.39 is 5.60 Å². The third-order valence-corrected chi connectivity index (χ3v) is 2.37. The Morgan fingerprint density at radius 2 is 1.90 bits per heavy atom. The molecular formula is C12H19N7O. The fraction of sp³-hybridized carbons (Fsp3) is 0.500. The number of hydrogen-bond donors (Lipinski definition) is 3. The van der Waals surface area contributed by atoms with Crippen LogP contribution in [0, 0.1) is 0 Å². The van der Waals surface area contributed by atoms with Crippen LogP contribution in [-0.4, -0.2) is 48.3 Å². The Morgan fingerprint density at radius 1 is 1.20 bits per heavy atom. The Hall–Kier alpha value is -2.22. The van der Waals surface area contributed by atoms with Gasteiger partial charge in [-0.15, -0.1) is 0 Å². The summed E-state index contributed by atoms with van der Waals surface area (Å²) in [6, 6.07) is 0. The Bertz CT molecular complexity index is 547. The molecule has 108 valence electrons. The Balaban J connectivity index is 2.26. The molecule has 0 bridgehead atoms. The third kappa shape index (κ3) is 3.89. The summed E-state index contributed by atoms with van der Waals surface area (Å²) in [6.45, 7) is 6.43. The van der Waals surface area contributed by atoms with Crippen molar-refractivity contribution in [3.8, 4) is 5.95 Å². The number of nitrogens with zero attached hydrogens (tertiary/aromatic N) is 5. The molecule has 0 amide bonds. The fourth-order valence-electron chi connectivity index (χ4n) is 1.47. The molecule has 2 heterocycles. The van der Waals surface area contributed by atoms with Crippen LogP contribution < -0.4 is 10.6 Å². The van der Waals surface area contributed by atoms with Crippen LogP contribution in [0.15, 0.2) is 18.7 Å². The minimum atomic E-state index is -0.847. The lowest BCUT2D eigenvalue weighted by molar-refractivity contribution is 0.0943. The molecule has 2 aromatic heterocycles. The first-order valence-corrected chi connectivity index (χ1v) is 6.42. The largest absolute Gasteiger partial charge is 0.389 e. The number of imidazole rings is 1. The molecule has 0 spiro atoms. The highest BCUT2D eigenvalue weighted by atomic mass is 16.3. The zero-order valence-electron chi connectivity index (χ0n) is 11.8. The maximum atomic E-state index is 9.74. The molecule has 0 fully saturated rings. The highest BCUT2D eigenvalue weighted by Crippen LogP contribution is 2.10. The lowest BCUT2D eigenvalue weighted by atomic mass is 10.1. The SMILES string of the molecule is CCNc1nc(NCC(C)(C)O)nc(-n2ccnc2)n1. The minimum Gasteiger partial charge on any atom is -0.389 e. The molecule has 20 heavy (non-hydrogen) atoms. The van der Waals surface area contributed by atoms with Gasteiger partial charge in [0.05, 0.1) is 5.60 Å². The molecule has 0 saturated carbocycles. The second-order valence-corrected chi connectivity index (χ2v) is 4.95. The minimum absolute atomic E-state index is 0.339. The van der Waals surface area contributed by atoms with Gasteiger partial charge in [0.2, 0.25) is 17.8 Å². The van der Waals surface area contributed by atoms with Gasteiger partial charge in [-0.25, -0.2) is 4.98 Å². The maximum absolute atomic E-state index is 9.74. The van der Waals surface area contributed by atoms with Crippen molar-refractivity contribution < 1.29 is 5.11 Å². The van der Waals surface area contributed by atoms with Crippen molar-refractivity contribution in [2.45, 2.75) is 26.4 Å². The van der Waals surface area contributed by atoms with E-state index in [9.17, 15) is 5.11 Å². The summed E-state index contributed by atoms with van der Waals surface area (Å²) in [6.07, 6.45) is 5.02. The zero-order chi connectivity index (χ0) is 14.6. The topological polar surface area (TPSA) is 101 Å². The van der Waals surface area contributed by atoms with Gasteiger partial charge in [0.25, 0.3) is 0 Å². The lowest BCUT2D eigenvalue weighted by Crippen LogP contribution is -2.30. The normalized spacial score (nSPS) is 11.4. The van der Waals surface area contributed by atoms with Crippen LogP contribution in [0.5, 0.6) is 0 Å². The summed E-state index contributed by atoms with van der Waals surface area (Å²) in [4.78, 5) is 16.8. The predicted octanol–water partition coefficient (Wildman–Crippen LogP) is 0.672. The molecular weight excluding hydrogens is 258 g/mol. The molecule has 0 aliphatic heterocycles. The number of anilines is 2. The number of nitrogens with one attached hydrogen (secondary N) is 2. The summed E-state index contributed by atoms with van der Waals surface area (Å²) in [7, 11) is 0. The van der Waals surface area contributed by atoms with Crippen molar-refractivity contribution >= 4 is 11.9 Å². The number of hydrogen-bond acceptors (Lipinski definition) is 7. The van der Waals surface area contributed by atoms with Crippen molar-refractivity contribution in [2.75, 3.05) is 23.7 Å². The number of rotatable bonds is 6. The third-order valence-electron chi connectivity index (χ3n) is 2.37. The van der Waals surface area contributed by atoms with Crippen LogP contribution in [0.2, 0.25) is 0 Å². The van der Waals surface area contributed by atoms with E-state index in [-0.39, 0.29) is 0 Å². The van der Waals surface area contributed by atoms with Crippen molar-refractivity contribution in [2.24, 2.45) is 0 Å². The predicted molar refractivity (Wildman–Crippen MR) is 75.9 cm³/mol. The van der Waals surface area contributed by atoms with Gasteiger partial charge in [0.1, 0.15) is 6.33 Å². The molecule has 2 rings (SSSR count). The molecule has 0 aliphatic rings. The van der Waals surface area contributed by atoms with Gasteiger partial charge in [-0.2, -0.15) is 15.0 Å². The Labute approximate surface area is 117 Å². The van der Waals surface area contributed by atoms with Gasteiger partial charge in [0.15, 0.2) is 0 Å². The van der Waals surface area contributed by atoms with E-state index in [2.05, 4.69) is 30.6 Å². The van der Waals surface area contributed by atoms with Crippen LogP contribution in [-0.2, 0) is 0 Å². The average Bonchev–Trinajstić information content (AvgIpc) is 2.89. The summed E-state index contributed by atoms with van der Waals surface area (Å²) in [5.41, 5.74) is -0.847. The molecule has 8 heteroatoms. The standard InChI is InChI=1S/C12H19N7O/c1-4-14-9-16-10(15-7-12(2,3)20)18-11(17-9)19-6-5-13-8-19/h5-6,8,20H,4,7H2,1-3H3,(H2,14,15,16,17,18). The monoisotopic (exact) mass is 277 g/mol. The first-order valence-electron chi connectivity index (χ1n) is 6.42. The van der Waals surface area contributed by atoms with Crippen LogP contribution in [0.4, 0.5) is 11.9 Å². The summed E-state index contributed by atoms with van der Waals surface area (Å²) in [5, 5.41) is 15.8. The molecule has 0 saturated heterocycles. The van der Waals surface area contributed by atoms with E-state index in [1.165, 1.54) is 0 Å². The summed E-state index contributed by atoms with van der Waals surface area (Å²) >= 11 is 0. The van der Waals surface area contributed by atoms with Gasteiger partial charge < -0.3 is 15.7 Å². The van der Waals surface area contributed by atoms with Crippen LogP contribution >= 0.6 is 0 Å². The zero-order valence-corrected chi connectivity index (χ0v) is 11.8. The molecule has 0 aromatic carbocycles. The first kappa shape index (κ1) is 14.2. The summed E-state index contributed by atoms with van der Waals surface area (Å²) in [5.74, 6) is 1.35. The Kier molecular flexibility index (Phi) is 4.14. The fourth-order valence-corrected chi connectivity index (χ4v) is 1.47. The van der Waals surface area contributed by atoms with E-state index in [1.54, 1.807) is 37.1 Å². The molecule has 0 radical (unpaired) electrons. The molecule has 0 unspecified atom stereocenters. The quantitative estimate of drug-likeness (QED) is 0.713. The van der Waals surface area contributed by atoms with Gasteiger partial charge in [-0.1, -0.05) is 0 Å². The average molecular weight is 277 g/mol. The summed E-state index contributed by atoms with van der Waals surface area (Å²) < 4.78 is 1.69. The van der Waals surface area contributed by atoms with Crippen LogP contribution in [0.1, 0.15) is 20.8 Å². The second kappa shape index (κ2) is 5.83. The molecule has 0 atom stereocenters. The molecule has 3 N–H and O–H groups in total. The van der Waals surface area contributed by atoms with Crippen molar-refractivity contribution in [1.29, 1.82) is 0 Å². The lowest BCUT2D eigenvalue weighted by Gasteiger charge is -2.18. The molecule has 8 nitrogen and oxygen atoms in total. The van der Waals surface area contributed by atoms with Gasteiger partial charge in [-0.3, -0.25) is 4.57 Å². The van der Waals surface area contributed by atoms with Crippen molar-refractivity contribution in [1.82, 2.24) is 24.5 Å². The van der Waals surface area contributed by atoms with Gasteiger partial charge in [-0.05, 0) is 20.8 Å². The number of aliphatic hydroxyl groups is 1. The second-order valence-electron chi connectivity index (χ2n) is 4.95. The van der Waals surface area contributed by atoms with Crippen molar-refractivity contribution in [3.05, 3.63) is 18.7 Å². The highest BCUT2D eigenvalue weighted by Gasteiger charge is 2.14. The molecule has 2 aromatic rings. The first-order chi connectivity index (χ1) is 9.48. The van der Waals surface area contributed by atoms with E-state index in [1.807, 2.05) is 6.92 Å². The van der Waals surface area contributed by atoms with E-state index in [0.717, 1.165) is 0 Å². The number of aromatic nitrogens is 5. The Morgan fingerprint density at radius 3 is 2.45 bits per heavy atom. The smallest absolute Gasteiger partial charge is 0.241 e. The highest BCUT2D eigenvalue weighted by molar-refractivity contribution is 5.38. The van der Waals surface area contributed by atoms with Gasteiger partial charge >= 0.3 is 0 Å².